The smallest absolute Gasteiger partial charge is 0.381 e. The summed E-state index contributed by atoms with van der Waals surface area (Å²) >= 11 is 0. The summed E-state index contributed by atoms with van der Waals surface area (Å²) in [5.41, 5.74) is -1.53. The molecular formula is C14H20F3N5O2. The third-order valence-corrected chi connectivity index (χ3v) is 3.02. The van der Waals surface area contributed by atoms with Crippen LogP contribution in [0.1, 0.15) is 32.9 Å². The van der Waals surface area contributed by atoms with Gasteiger partial charge in [-0.15, -0.1) is 0 Å². The molecule has 3 N–H and O–H groups in total. The molecule has 1 saturated heterocycles. The molecule has 0 unspecified atom stereocenters. The zero-order chi connectivity index (χ0) is 18.0. The van der Waals surface area contributed by atoms with E-state index in [2.05, 4.69) is 20.7 Å². The first-order valence-electron chi connectivity index (χ1n) is 7.40. The number of amides is 1. The van der Waals surface area contributed by atoms with Crippen LogP contribution < -0.4 is 10.6 Å². The van der Waals surface area contributed by atoms with Crippen molar-refractivity contribution < 1.29 is 22.7 Å². The van der Waals surface area contributed by atoms with Crippen molar-refractivity contribution >= 4 is 17.7 Å². The Morgan fingerprint density at radius 1 is 1.42 bits per heavy atom. The minimum atomic E-state index is -4.53. The van der Waals surface area contributed by atoms with E-state index in [1.165, 1.54) is 0 Å². The number of guanidine groups is 1. The number of aromatic amines is 1. The molecule has 134 valence electrons. The van der Waals surface area contributed by atoms with Gasteiger partial charge in [-0.25, -0.2) is 4.99 Å². The van der Waals surface area contributed by atoms with Gasteiger partial charge in [0.1, 0.15) is 5.69 Å². The quantitative estimate of drug-likeness (QED) is 0.577. The number of H-pyrrole nitrogens is 1. The number of nitrogens with zero attached hydrogens (tertiary/aromatic N) is 2. The summed E-state index contributed by atoms with van der Waals surface area (Å²) in [6, 6.07) is 0.810. The lowest BCUT2D eigenvalue weighted by atomic mass is 10.0. The number of anilines is 1. The lowest BCUT2D eigenvalue weighted by Crippen LogP contribution is -2.41. The highest BCUT2D eigenvalue weighted by atomic mass is 19.4. The largest absolute Gasteiger partial charge is 0.432 e. The topological polar surface area (TPSA) is 91.4 Å². The number of aliphatic imine (C=N–C) groups is 1. The first kappa shape index (κ1) is 18.2. The van der Waals surface area contributed by atoms with E-state index in [1.54, 1.807) is 20.8 Å². The monoisotopic (exact) mass is 347 g/mol. The first-order chi connectivity index (χ1) is 11.0. The van der Waals surface area contributed by atoms with E-state index in [-0.39, 0.29) is 30.0 Å². The lowest BCUT2D eigenvalue weighted by Gasteiger charge is -2.25. The summed E-state index contributed by atoms with van der Waals surface area (Å²) in [6.45, 7) is 6.45. The molecule has 7 nitrogen and oxygen atoms in total. The van der Waals surface area contributed by atoms with Gasteiger partial charge in [0, 0.05) is 18.4 Å². The maximum atomic E-state index is 12.6. The molecule has 0 aromatic carbocycles. The van der Waals surface area contributed by atoms with Crippen molar-refractivity contribution in [2.75, 3.05) is 18.5 Å². The Hall–Kier alpha value is -2.10. The van der Waals surface area contributed by atoms with Crippen LogP contribution in [0, 0.1) is 5.92 Å². The normalized spacial score (nSPS) is 16.7. The molecule has 1 aliphatic heterocycles. The van der Waals surface area contributed by atoms with Crippen LogP contribution in [0.4, 0.5) is 19.0 Å². The summed E-state index contributed by atoms with van der Waals surface area (Å²) in [6.07, 6.45) is -4.26. The van der Waals surface area contributed by atoms with Crippen LogP contribution in [-0.4, -0.2) is 40.8 Å². The maximum absolute atomic E-state index is 12.6. The minimum absolute atomic E-state index is 0.0490. The van der Waals surface area contributed by atoms with Crippen molar-refractivity contribution in [3.8, 4) is 0 Å². The van der Waals surface area contributed by atoms with E-state index < -0.39 is 17.4 Å². The van der Waals surface area contributed by atoms with Crippen LogP contribution in [0.5, 0.6) is 0 Å². The van der Waals surface area contributed by atoms with E-state index in [4.69, 9.17) is 4.74 Å². The van der Waals surface area contributed by atoms with E-state index in [9.17, 15) is 18.0 Å². The van der Waals surface area contributed by atoms with Gasteiger partial charge < -0.3 is 10.1 Å². The molecule has 10 heteroatoms. The second kappa shape index (κ2) is 6.80. The fourth-order valence-corrected chi connectivity index (χ4v) is 1.92. The molecule has 0 radical (unpaired) electrons. The highest BCUT2D eigenvalue weighted by Gasteiger charge is 2.33. The first-order valence-corrected chi connectivity index (χ1v) is 7.40. The van der Waals surface area contributed by atoms with Crippen molar-refractivity contribution in [2.45, 2.75) is 38.9 Å². The van der Waals surface area contributed by atoms with Gasteiger partial charge in [-0.1, -0.05) is 0 Å². The van der Waals surface area contributed by atoms with Crippen molar-refractivity contribution in [3.63, 3.8) is 0 Å². The summed E-state index contributed by atoms with van der Waals surface area (Å²) in [7, 11) is 0. The molecule has 1 aromatic rings. The molecule has 24 heavy (non-hydrogen) atoms. The number of rotatable bonds is 3. The number of carbonyl (C=O) groups is 1. The van der Waals surface area contributed by atoms with Crippen LogP contribution in [0.3, 0.4) is 0 Å². The third-order valence-electron chi connectivity index (χ3n) is 3.02. The molecule has 0 bridgehead atoms. The van der Waals surface area contributed by atoms with Gasteiger partial charge in [0.15, 0.2) is 5.82 Å². The number of alkyl halides is 3. The molecule has 0 atom stereocenters. The number of nitrogens with one attached hydrogen (secondary N) is 3. The Morgan fingerprint density at radius 2 is 2.08 bits per heavy atom. The highest BCUT2D eigenvalue weighted by molar-refractivity contribution is 6.04. The molecule has 0 spiro atoms. The van der Waals surface area contributed by atoms with E-state index in [0.717, 1.165) is 6.07 Å². The zero-order valence-corrected chi connectivity index (χ0v) is 13.6. The SMILES string of the molecule is CC(C)(C)N=C(NC(=O)CC1COC1)Nc1cc(C(F)(F)F)[nH]n1. The lowest BCUT2D eigenvalue weighted by molar-refractivity contribution is -0.141. The van der Waals surface area contributed by atoms with Gasteiger partial charge in [-0.05, 0) is 20.8 Å². The van der Waals surface area contributed by atoms with Gasteiger partial charge in [0.25, 0.3) is 0 Å². The average molecular weight is 347 g/mol. The highest BCUT2D eigenvalue weighted by Crippen LogP contribution is 2.28. The summed E-state index contributed by atoms with van der Waals surface area (Å²) in [4.78, 5) is 16.3. The Labute approximate surface area is 137 Å². The number of hydrogen-bond acceptors (Lipinski definition) is 4. The predicted octanol–water partition coefficient (Wildman–Crippen LogP) is 2.15. The van der Waals surface area contributed by atoms with Crippen LogP contribution in [0.2, 0.25) is 0 Å². The fourth-order valence-electron chi connectivity index (χ4n) is 1.92. The van der Waals surface area contributed by atoms with Crippen molar-refractivity contribution in [3.05, 3.63) is 11.8 Å². The summed E-state index contributed by atoms with van der Waals surface area (Å²) in [5.74, 6) is -0.168. The number of halogens is 3. The molecule has 2 rings (SSSR count). The second-order valence-corrected chi connectivity index (χ2v) is 6.58. The zero-order valence-electron chi connectivity index (χ0n) is 13.6. The third kappa shape index (κ3) is 5.52. The molecule has 1 aromatic heterocycles. The molecule has 0 saturated carbocycles. The standard InChI is InChI=1S/C14H20F3N5O2/c1-13(2,3)20-12(19-11(23)4-8-6-24-7-8)18-10-5-9(21-22-10)14(15,16)17/h5,8H,4,6-7H2,1-3H3,(H3,18,19,20,21,22,23). The Bertz CT molecular complexity index is 615. The molecule has 0 aliphatic carbocycles. The van der Waals surface area contributed by atoms with Crippen LogP contribution >= 0.6 is 0 Å². The number of aromatic nitrogens is 2. The van der Waals surface area contributed by atoms with Crippen molar-refractivity contribution in [1.82, 2.24) is 15.5 Å². The Morgan fingerprint density at radius 3 is 2.54 bits per heavy atom. The maximum Gasteiger partial charge on any atom is 0.432 e. The van der Waals surface area contributed by atoms with Crippen LogP contribution in [0.15, 0.2) is 11.1 Å². The van der Waals surface area contributed by atoms with Crippen molar-refractivity contribution in [2.24, 2.45) is 10.9 Å². The van der Waals surface area contributed by atoms with Gasteiger partial charge in [0.2, 0.25) is 11.9 Å². The molecule has 1 aliphatic rings. The second-order valence-electron chi connectivity index (χ2n) is 6.58. The average Bonchev–Trinajstić information content (AvgIpc) is 2.80. The predicted molar refractivity (Wildman–Crippen MR) is 81.5 cm³/mol. The number of carbonyl (C=O) groups excluding carboxylic acids is 1. The van der Waals surface area contributed by atoms with E-state index >= 15 is 0 Å². The van der Waals surface area contributed by atoms with E-state index in [0.29, 0.717) is 13.2 Å². The van der Waals surface area contributed by atoms with Crippen LogP contribution in [0.25, 0.3) is 0 Å². The minimum Gasteiger partial charge on any atom is -0.381 e. The summed E-state index contributed by atoms with van der Waals surface area (Å²) < 4.78 is 42.8. The van der Waals surface area contributed by atoms with Gasteiger partial charge in [-0.2, -0.15) is 18.3 Å². The van der Waals surface area contributed by atoms with Gasteiger partial charge in [0.05, 0.1) is 18.8 Å². The van der Waals surface area contributed by atoms with E-state index in [1.807, 2.05) is 5.10 Å². The molecule has 1 fully saturated rings. The Balaban J connectivity index is 2.07. The number of ether oxygens (including phenoxy) is 1. The van der Waals surface area contributed by atoms with Gasteiger partial charge >= 0.3 is 6.18 Å². The molecular weight excluding hydrogens is 327 g/mol. The number of hydrogen-bond donors (Lipinski definition) is 3. The van der Waals surface area contributed by atoms with Crippen molar-refractivity contribution in [1.29, 1.82) is 0 Å². The van der Waals surface area contributed by atoms with Gasteiger partial charge in [-0.3, -0.25) is 15.2 Å². The summed E-state index contributed by atoms with van der Waals surface area (Å²) in [5, 5.41) is 10.6. The Kier molecular flexibility index (Phi) is 5.16. The van der Waals surface area contributed by atoms with Crippen LogP contribution in [-0.2, 0) is 15.7 Å². The molecule has 2 heterocycles. The fraction of sp³-hybridized carbons (Fsp3) is 0.643. The molecule has 1 amide bonds.